The second-order valence-corrected chi connectivity index (χ2v) is 9.68. The number of anilines is 1. The second kappa shape index (κ2) is 8.94. The molecule has 1 aliphatic heterocycles. The second-order valence-electron chi connectivity index (χ2n) is 9.68. The molecule has 0 N–H and O–H groups in total. The largest absolute Gasteiger partial charge is 0.497 e. The minimum absolute atomic E-state index is 0.232. The van der Waals surface area contributed by atoms with E-state index in [1.54, 1.807) is 7.11 Å². The first-order chi connectivity index (χ1) is 17.5. The molecule has 2 aliphatic rings. The van der Waals surface area contributed by atoms with E-state index in [2.05, 4.69) is 58.4 Å². The van der Waals surface area contributed by atoms with Crippen LogP contribution in [0.4, 0.5) is 10.1 Å². The average molecular weight is 482 g/mol. The summed E-state index contributed by atoms with van der Waals surface area (Å²) in [5.41, 5.74) is 5.25. The smallest absolute Gasteiger partial charge is 0.240 e. The van der Waals surface area contributed by atoms with E-state index in [0.717, 1.165) is 54.3 Å². The zero-order valence-electron chi connectivity index (χ0n) is 20.4. The Hall–Kier alpha value is -3.93. The summed E-state index contributed by atoms with van der Waals surface area (Å²) in [5, 5.41) is 8.28. The van der Waals surface area contributed by atoms with E-state index in [1.165, 1.54) is 23.3 Å². The molecule has 0 radical (unpaired) electrons. The van der Waals surface area contributed by atoms with Gasteiger partial charge in [-0.15, -0.1) is 10.2 Å². The first-order valence-corrected chi connectivity index (χ1v) is 12.4. The zero-order valence-corrected chi connectivity index (χ0v) is 20.4. The monoisotopic (exact) mass is 481 g/mol. The molecule has 1 atom stereocenters. The Morgan fingerprint density at radius 2 is 1.78 bits per heavy atom. The maximum atomic E-state index is 13.7. The van der Waals surface area contributed by atoms with Crippen molar-refractivity contribution in [2.24, 2.45) is 0 Å². The van der Waals surface area contributed by atoms with Crippen molar-refractivity contribution in [1.82, 2.24) is 10.2 Å². The van der Waals surface area contributed by atoms with Crippen LogP contribution in [-0.2, 0) is 12.0 Å². The number of nitrogens with zero attached hydrogens (tertiary/aromatic N) is 3. The molecule has 3 aromatic carbocycles. The van der Waals surface area contributed by atoms with Crippen molar-refractivity contribution in [2.45, 2.75) is 37.6 Å². The Morgan fingerprint density at radius 3 is 2.50 bits per heavy atom. The lowest BCUT2D eigenvalue weighted by molar-refractivity contribution is 0.411. The van der Waals surface area contributed by atoms with Gasteiger partial charge in [0.1, 0.15) is 11.6 Å². The highest BCUT2D eigenvalue weighted by Gasteiger charge is 2.40. The van der Waals surface area contributed by atoms with E-state index in [4.69, 9.17) is 9.15 Å². The van der Waals surface area contributed by atoms with Crippen molar-refractivity contribution in [3.05, 3.63) is 107 Å². The number of methoxy groups -OCH3 is 1. The lowest BCUT2D eigenvalue weighted by Crippen LogP contribution is -2.49. The van der Waals surface area contributed by atoms with Crippen LogP contribution in [0.25, 0.3) is 12.2 Å². The standard InChI is InChI=1S/C30H28FN3O2/c1-30(23-8-3-20(4-9-23)5-16-28-32-33-29(36-28)21-6-7-21)27-15-14-26(35-2)19-22(27)17-18-34(30)25-12-10-24(31)11-13-25/h3-5,8-16,19,21H,6-7,17-18H2,1-2H3. The number of rotatable bonds is 6. The van der Waals surface area contributed by atoms with E-state index in [0.29, 0.717) is 11.8 Å². The molecule has 4 aromatic rings. The first-order valence-electron chi connectivity index (χ1n) is 12.4. The summed E-state index contributed by atoms with van der Waals surface area (Å²) in [6, 6.07) is 21.6. The highest BCUT2D eigenvalue weighted by Crippen LogP contribution is 2.44. The molecule has 6 rings (SSSR count). The fraction of sp³-hybridized carbons (Fsp3) is 0.267. The summed E-state index contributed by atoms with van der Waals surface area (Å²) >= 11 is 0. The maximum Gasteiger partial charge on any atom is 0.240 e. The highest BCUT2D eigenvalue weighted by atomic mass is 19.1. The highest BCUT2D eigenvalue weighted by molar-refractivity contribution is 5.67. The zero-order chi connectivity index (χ0) is 24.7. The minimum Gasteiger partial charge on any atom is -0.497 e. The van der Waals surface area contributed by atoms with Crippen LogP contribution in [0, 0.1) is 5.82 Å². The topological polar surface area (TPSA) is 51.4 Å². The van der Waals surface area contributed by atoms with Crippen LogP contribution < -0.4 is 9.64 Å². The molecule has 0 amide bonds. The van der Waals surface area contributed by atoms with Crippen LogP contribution in [0.15, 0.2) is 71.1 Å². The Morgan fingerprint density at radius 1 is 1.00 bits per heavy atom. The van der Waals surface area contributed by atoms with Gasteiger partial charge in [-0.05, 0) is 90.9 Å². The molecule has 0 bridgehead atoms. The fourth-order valence-corrected chi connectivity index (χ4v) is 5.20. The van der Waals surface area contributed by atoms with Gasteiger partial charge in [-0.2, -0.15) is 0 Å². The molecule has 5 nitrogen and oxygen atoms in total. The first kappa shape index (κ1) is 22.5. The van der Waals surface area contributed by atoms with Crippen molar-refractivity contribution in [3.8, 4) is 5.75 Å². The van der Waals surface area contributed by atoms with Gasteiger partial charge < -0.3 is 14.1 Å². The van der Waals surface area contributed by atoms with Gasteiger partial charge in [0.25, 0.3) is 0 Å². The number of benzene rings is 3. The molecule has 6 heteroatoms. The van der Waals surface area contributed by atoms with E-state index in [1.807, 2.05) is 30.4 Å². The molecule has 1 aliphatic carbocycles. The summed E-state index contributed by atoms with van der Waals surface area (Å²) in [7, 11) is 1.70. The van der Waals surface area contributed by atoms with Crippen molar-refractivity contribution in [2.75, 3.05) is 18.6 Å². The average Bonchev–Trinajstić information content (AvgIpc) is 3.66. The van der Waals surface area contributed by atoms with E-state index < -0.39 is 5.54 Å². The summed E-state index contributed by atoms with van der Waals surface area (Å²) < 4.78 is 25.0. The Kier molecular flexibility index (Phi) is 5.59. The molecular weight excluding hydrogens is 453 g/mol. The van der Waals surface area contributed by atoms with E-state index in [9.17, 15) is 4.39 Å². The quantitative estimate of drug-likeness (QED) is 0.311. The number of ether oxygens (including phenoxy) is 1. The van der Waals surface area contributed by atoms with Crippen LogP contribution in [0.1, 0.15) is 59.7 Å². The maximum absolute atomic E-state index is 13.7. The van der Waals surface area contributed by atoms with E-state index in [-0.39, 0.29) is 5.82 Å². The molecule has 1 fully saturated rings. The minimum atomic E-state index is -0.439. The summed E-state index contributed by atoms with van der Waals surface area (Å²) in [5.74, 6) is 2.35. The van der Waals surface area contributed by atoms with Crippen LogP contribution in [-0.4, -0.2) is 23.9 Å². The summed E-state index contributed by atoms with van der Waals surface area (Å²) in [6.07, 6.45) is 7.01. The predicted octanol–water partition coefficient (Wildman–Crippen LogP) is 6.59. The van der Waals surface area contributed by atoms with Crippen molar-refractivity contribution in [1.29, 1.82) is 0 Å². The third-order valence-corrected chi connectivity index (χ3v) is 7.39. The number of hydrogen-bond donors (Lipinski definition) is 0. The van der Waals surface area contributed by atoms with Gasteiger partial charge in [0.05, 0.1) is 12.6 Å². The van der Waals surface area contributed by atoms with Gasteiger partial charge in [0.15, 0.2) is 0 Å². The van der Waals surface area contributed by atoms with Gasteiger partial charge in [-0.3, -0.25) is 0 Å². The molecule has 0 saturated heterocycles. The van der Waals surface area contributed by atoms with Gasteiger partial charge in [0, 0.05) is 24.2 Å². The molecule has 1 aromatic heterocycles. The van der Waals surface area contributed by atoms with Gasteiger partial charge in [-0.1, -0.05) is 30.3 Å². The Bertz CT molecular complexity index is 1410. The van der Waals surface area contributed by atoms with Gasteiger partial charge >= 0.3 is 0 Å². The number of fused-ring (bicyclic) bond motifs is 1. The SMILES string of the molecule is COc1ccc2c(c1)CCN(c1ccc(F)cc1)C2(C)c1ccc(C=Cc2nnc(C3CC3)o2)cc1. The molecule has 2 heterocycles. The van der Waals surface area contributed by atoms with Crippen molar-refractivity contribution >= 4 is 17.8 Å². The number of halogens is 1. The number of hydrogen-bond acceptors (Lipinski definition) is 5. The third kappa shape index (κ3) is 4.06. The lowest BCUT2D eigenvalue weighted by Gasteiger charge is -2.48. The predicted molar refractivity (Wildman–Crippen MR) is 139 cm³/mol. The Balaban J connectivity index is 1.35. The van der Waals surface area contributed by atoms with Crippen molar-refractivity contribution < 1.29 is 13.5 Å². The summed E-state index contributed by atoms with van der Waals surface area (Å²) in [4.78, 5) is 2.37. The molecule has 182 valence electrons. The van der Waals surface area contributed by atoms with Crippen LogP contribution in [0.5, 0.6) is 5.75 Å². The Labute approximate surface area is 210 Å². The number of aromatic nitrogens is 2. The van der Waals surface area contributed by atoms with Crippen LogP contribution in [0.2, 0.25) is 0 Å². The van der Waals surface area contributed by atoms with Gasteiger partial charge in [-0.25, -0.2) is 4.39 Å². The van der Waals surface area contributed by atoms with Crippen LogP contribution >= 0.6 is 0 Å². The fourth-order valence-electron chi connectivity index (χ4n) is 5.20. The van der Waals surface area contributed by atoms with E-state index >= 15 is 0 Å². The third-order valence-electron chi connectivity index (χ3n) is 7.39. The van der Waals surface area contributed by atoms with Gasteiger partial charge in [0.2, 0.25) is 11.8 Å². The van der Waals surface area contributed by atoms with Crippen molar-refractivity contribution in [3.63, 3.8) is 0 Å². The summed E-state index contributed by atoms with van der Waals surface area (Å²) in [6.45, 7) is 3.05. The molecule has 1 unspecified atom stereocenters. The lowest BCUT2D eigenvalue weighted by atomic mass is 9.76. The molecule has 1 saturated carbocycles. The van der Waals surface area contributed by atoms with Crippen LogP contribution in [0.3, 0.4) is 0 Å². The molecular formula is C30H28FN3O2. The normalized spacial score (nSPS) is 19.5. The molecule has 0 spiro atoms. The molecule has 36 heavy (non-hydrogen) atoms.